The Hall–Kier alpha value is -2.51. The number of methoxy groups -OCH3 is 2. The van der Waals surface area contributed by atoms with E-state index in [4.69, 9.17) is 21.1 Å². The number of halogens is 1. The number of thiophene rings is 1. The van der Waals surface area contributed by atoms with E-state index in [9.17, 15) is 4.79 Å². The Morgan fingerprint density at radius 2 is 2.10 bits per heavy atom. The molecule has 0 aliphatic carbocycles. The summed E-state index contributed by atoms with van der Waals surface area (Å²) in [6, 6.07) is 7.45. The van der Waals surface area contributed by atoms with Crippen LogP contribution in [0.3, 0.4) is 0 Å². The summed E-state index contributed by atoms with van der Waals surface area (Å²) in [6.07, 6.45) is 3.59. The zero-order chi connectivity index (χ0) is 20.4. The van der Waals surface area contributed by atoms with Gasteiger partial charge in [0.25, 0.3) is 0 Å². The van der Waals surface area contributed by atoms with Crippen LogP contribution in [-0.2, 0) is 4.79 Å². The fourth-order valence-electron chi connectivity index (χ4n) is 3.71. The van der Waals surface area contributed by atoms with Crippen LogP contribution in [-0.4, -0.2) is 38.2 Å². The van der Waals surface area contributed by atoms with E-state index in [0.29, 0.717) is 28.8 Å². The number of anilines is 2. The van der Waals surface area contributed by atoms with Gasteiger partial charge in [-0.2, -0.15) is 0 Å². The standard InChI is InChI=1S/C21H22ClN3O3S/c1-27-17-11-18(28-2)16(10-15(17)22)24-21(26)13-4-3-8-25(12-13)20-14-6-9-29-19(14)5-7-23-20/h5-7,9-11,13H,3-4,8,12H2,1-2H3,(H,24,26). The number of nitrogens with zero attached hydrogens (tertiary/aromatic N) is 2. The molecule has 0 spiro atoms. The van der Waals surface area contributed by atoms with Crippen molar-refractivity contribution < 1.29 is 14.3 Å². The number of nitrogens with one attached hydrogen (secondary N) is 1. The minimum absolute atomic E-state index is 0.0493. The molecule has 1 aliphatic rings. The van der Waals surface area contributed by atoms with Gasteiger partial charge in [-0.05, 0) is 36.4 Å². The molecule has 29 heavy (non-hydrogen) atoms. The number of hydrogen-bond acceptors (Lipinski definition) is 6. The van der Waals surface area contributed by atoms with E-state index in [1.807, 2.05) is 12.3 Å². The Bertz CT molecular complexity index is 1040. The number of carbonyl (C=O) groups is 1. The van der Waals surface area contributed by atoms with Crippen LogP contribution in [0.25, 0.3) is 10.1 Å². The Labute approximate surface area is 178 Å². The molecule has 152 valence electrons. The number of rotatable bonds is 5. The van der Waals surface area contributed by atoms with E-state index >= 15 is 0 Å². The SMILES string of the molecule is COc1cc(OC)c(NC(=O)C2CCCN(c3nccc4sccc34)C2)cc1Cl. The Kier molecular flexibility index (Phi) is 5.78. The predicted molar refractivity (Wildman–Crippen MR) is 118 cm³/mol. The first kappa shape index (κ1) is 19.8. The number of ether oxygens (including phenoxy) is 2. The van der Waals surface area contributed by atoms with Crippen molar-refractivity contribution in [1.29, 1.82) is 0 Å². The van der Waals surface area contributed by atoms with Gasteiger partial charge in [0.15, 0.2) is 0 Å². The van der Waals surface area contributed by atoms with E-state index in [1.165, 1.54) is 11.8 Å². The topological polar surface area (TPSA) is 63.7 Å². The van der Waals surface area contributed by atoms with Gasteiger partial charge in [-0.3, -0.25) is 4.79 Å². The third kappa shape index (κ3) is 3.97. The summed E-state index contributed by atoms with van der Waals surface area (Å²) in [4.78, 5) is 19.8. The highest BCUT2D eigenvalue weighted by Gasteiger charge is 2.28. The first-order chi connectivity index (χ1) is 14.1. The number of aromatic nitrogens is 1. The molecular formula is C21H22ClN3O3S. The van der Waals surface area contributed by atoms with Crippen molar-refractivity contribution in [2.24, 2.45) is 5.92 Å². The first-order valence-electron chi connectivity index (χ1n) is 9.40. The molecule has 1 amide bonds. The summed E-state index contributed by atoms with van der Waals surface area (Å²) in [6.45, 7) is 1.52. The van der Waals surface area contributed by atoms with Crippen molar-refractivity contribution in [2.75, 3.05) is 37.5 Å². The number of benzene rings is 1. The van der Waals surface area contributed by atoms with Gasteiger partial charge >= 0.3 is 0 Å². The molecule has 1 aromatic carbocycles. The Balaban J connectivity index is 1.52. The molecule has 4 rings (SSSR count). The maximum atomic E-state index is 13.0. The van der Waals surface area contributed by atoms with Crippen molar-refractivity contribution in [2.45, 2.75) is 12.8 Å². The minimum atomic E-state index is -0.148. The maximum Gasteiger partial charge on any atom is 0.229 e. The van der Waals surface area contributed by atoms with Gasteiger partial charge in [0, 0.05) is 35.4 Å². The molecule has 1 saturated heterocycles. The second kappa shape index (κ2) is 8.47. The number of amides is 1. The van der Waals surface area contributed by atoms with Crippen LogP contribution >= 0.6 is 22.9 Å². The molecule has 0 saturated carbocycles. The molecular weight excluding hydrogens is 410 g/mol. The largest absolute Gasteiger partial charge is 0.495 e. The molecule has 6 nitrogen and oxygen atoms in total. The van der Waals surface area contributed by atoms with Crippen molar-refractivity contribution in [1.82, 2.24) is 4.98 Å². The van der Waals surface area contributed by atoms with Gasteiger partial charge in [-0.15, -0.1) is 11.3 Å². The summed E-state index contributed by atoms with van der Waals surface area (Å²) in [5.74, 6) is 1.76. The third-order valence-electron chi connectivity index (χ3n) is 5.18. The van der Waals surface area contributed by atoms with Crippen LogP contribution in [0.5, 0.6) is 11.5 Å². The fraction of sp³-hybridized carbons (Fsp3) is 0.333. The van der Waals surface area contributed by atoms with Crippen molar-refractivity contribution in [3.05, 3.63) is 40.9 Å². The molecule has 0 bridgehead atoms. The molecule has 1 N–H and O–H groups in total. The van der Waals surface area contributed by atoms with Gasteiger partial charge in [0.05, 0.1) is 30.8 Å². The number of pyridine rings is 1. The average molecular weight is 432 g/mol. The average Bonchev–Trinajstić information content (AvgIpc) is 3.23. The second-order valence-electron chi connectivity index (χ2n) is 6.93. The van der Waals surface area contributed by atoms with Crippen LogP contribution in [0.4, 0.5) is 11.5 Å². The summed E-state index contributed by atoms with van der Waals surface area (Å²) < 4.78 is 11.8. The lowest BCUT2D eigenvalue weighted by molar-refractivity contribution is -0.120. The molecule has 1 unspecified atom stereocenters. The normalized spacial score (nSPS) is 16.7. The van der Waals surface area contributed by atoms with Crippen molar-refractivity contribution in [3.8, 4) is 11.5 Å². The maximum absolute atomic E-state index is 13.0. The van der Waals surface area contributed by atoms with Crippen LogP contribution in [0.15, 0.2) is 35.8 Å². The fourth-order valence-corrected chi connectivity index (χ4v) is 4.73. The highest BCUT2D eigenvalue weighted by Crippen LogP contribution is 2.37. The highest BCUT2D eigenvalue weighted by atomic mass is 35.5. The quantitative estimate of drug-likeness (QED) is 0.627. The number of hydrogen-bond donors (Lipinski definition) is 1. The zero-order valence-electron chi connectivity index (χ0n) is 16.3. The smallest absolute Gasteiger partial charge is 0.229 e. The van der Waals surface area contributed by atoms with Gasteiger partial charge in [-0.1, -0.05) is 11.6 Å². The molecule has 8 heteroatoms. The summed E-state index contributed by atoms with van der Waals surface area (Å²) in [7, 11) is 3.09. The van der Waals surface area contributed by atoms with Gasteiger partial charge < -0.3 is 19.7 Å². The zero-order valence-corrected chi connectivity index (χ0v) is 17.8. The molecule has 0 radical (unpaired) electrons. The third-order valence-corrected chi connectivity index (χ3v) is 6.36. The number of piperidine rings is 1. The van der Waals surface area contributed by atoms with Crippen LogP contribution in [0.2, 0.25) is 5.02 Å². The van der Waals surface area contributed by atoms with Crippen molar-refractivity contribution in [3.63, 3.8) is 0 Å². The van der Waals surface area contributed by atoms with E-state index < -0.39 is 0 Å². The highest BCUT2D eigenvalue weighted by molar-refractivity contribution is 7.17. The van der Waals surface area contributed by atoms with E-state index in [2.05, 4.69) is 26.6 Å². The van der Waals surface area contributed by atoms with Crippen LogP contribution in [0.1, 0.15) is 12.8 Å². The minimum Gasteiger partial charge on any atom is -0.495 e. The lowest BCUT2D eigenvalue weighted by Gasteiger charge is -2.33. The van der Waals surface area contributed by atoms with Crippen molar-refractivity contribution >= 4 is 50.4 Å². The molecule has 1 atom stereocenters. The van der Waals surface area contributed by atoms with E-state index in [-0.39, 0.29) is 11.8 Å². The summed E-state index contributed by atoms with van der Waals surface area (Å²) in [5, 5.41) is 6.61. The lowest BCUT2D eigenvalue weighted by Crippen LogP contribution is -2.41. The summed E-state index contributed by atoms with van der Waals surface area (Å²) >= 11 is 7.93. The monoisotopic (exact) mass is 431 g/mol. The lowest BCUT2D eigenvalue weighted by atomic mass is 9.96. The molecule has 2 aromatic heterocycles. The molecule has 3 heterocycles. The van der Waals surface area contributed by atoms with Gasteiger partial charge in [0.2, 0.25) is 5.91 Å². The second-order valence-corrected chi connectivity index (χ2v) is 8.28. The van der Waals surface area contributed by atoms with Crippen LogP contribution in [0, 0.1) is 5.92 Å². The first-order valence-corrected chi connectivity index (χ1v) is 10.7. The molecule has 1 aliphatic heterocycles. The number of carbonyl (C=O) groups excluding carboxylic acids is 1. The summed E-state index contributed by atoms with van der Waals surface area (Å²) in [5.41, 5.74) is 0.540. The van der Waals surface area contributed by atoms with Gasteiger partial charge in [0.1, 0.15) is 17.3 Å². The van der Waals surface area contributed by atoms with E-state index in [1.54, 1.807) is 30.6 Å². The predicted octanol–water partition coefficient (Wildman–Crippen LogP) is 4.82. The number of fused-ring (bicyclic) bond motifs is 1. The Morgan fingerprint density at radius 3 is 2.90 bits per heavy atom. The van der Waals surface area contributed by atoms with Gasteiger partial charge in [-0.25, -0.2) is 4.98 Å². The van der Waals surface area contributed by atoms with E-state index in [0.717, 1.165) is 30.6 Å². The molecule has 3 aromatic rings. The van der Waals surface area contributed by atoms with Crippen LogP contribution < -0.4 is 19.7 Å². The Morgan fingerprint density at radius 1 is 1.28 bits per heavy atom. The molecule has 1 fully saturated rings.